The van der Waals surface area contributed by atoms with Gasteiger partial charge in [-0.25, -0.2) is 0 Å². The van der Waals surface area contributed by atoms with Crippen LogP contribution in [0.3, 0.4) is 0 Å². The topological polar surface area (TPSA) is 99.2 Å². The summed E-state index contributed by atoms with van der Waals surface area (Å²) in [5, 5.41) is 20.1. The maximum absolute atomic E-state index is 12.5. The van der Waals surface area contributed by atoms with E-state index in [1.807, 2.05) is 50.2 Å². The van der Waals surface area contributed by atoms with Crippen molar-refractivity contribution in [3.05, 3.63) is 59.5 Å². The molecule has 0 fully saturated rings. The lowest BCUT2D eigenvalue weighted by Crippen LogP contribution is -2.25. The Morgan fingerprint density at radius 1 is 1.24 bits per heavy atom. The monoisotopic (exact) mass is 389 g/mol. The van der Waals surface area contributed by atoms with E-state index in [9.17, 15) is 4.79 Å². The van der Waals surface area contributed by atoms with Crippen molar-refractivity contribution in [2.75, 3.05) is 11.9 Å². The van der Waals surface area contributed by atoms with E-state index in [1.165, 1.54) is 0 Å². The number of nitrogens with zero attached hydrogens (tertiary/aromatic N) is 6. The first kappa shape index (κ1) is 17.4. The molecule has 1 aliphatic heterocycles. The normalized spacial score (nSPS) is 15.9. The second-order valence-electron chi connectivity index (χ2n) is 6.88. The molecule has 9 heteroatoms. The van der Waals surface area contributed by atoms with Crippen LogP contribution in [0.25, 0.3) is 11.5 Å². The van der Waals surface area contributed by atoms with E-state index >= 15 is 0 Å². The predicted octanol–water partition coefficient (Wildman–Crippen LogP) is 2.49. The molecule has 29 heavy (non-hydrogen) atoms. The van der Waals surface area contributed by atoms with Crippen molar-refractivity contribution in [2.24, 2.45) is 0 Å². The third kappa shape index (κ3) is 2.91. The van der Waals surface area contributed by atoms with Crippen LogP contribution in [0.2, 0.25) is 0 Å². The number of ether oxygens (including phenoxy) is 1. The number of hydrogen-bond donors (Lipinski definition) is 1. The quantitative estimate of drug-likeness (QED) is 0.576. The molecule has 9 nitrogen and oxygen atoms in total. The number of rotatable bonds is 4. The standard InChI is InChI=1S/C20H19N7O2/c1-3-29-14-6-4-5-13(9-14)15-10-19(28)22-20-16(15)11-21-27(20)18-8-7-17-24-23-12(2)26(17)25-18/h4-9,11,15H,3,10H2,1-2H3,(H,22,28)/t15-/m0/s1. The Labute approximate surface area is 166 Å². The summed E-state index contributed by atoms with van der Waals surface area (Å²) in [7, 11) is 0. The van der Waals surface area contributed by atoms with Gasteiger partial charge >= 0.3 is 0 Å². The molecule has 0 spiro atoms. The summed E-state index contributed by atoms with van der Waals surface area (Å²) in [4.78, 5) is 12.5. The van der Waals surface area contributed by atoms with Gasteiger partial charge in [0.05, 0.1) is 12.8 Å². The first-order chi connectivity index (χ1) is 14.1. The van der Waals surface area contributed by atoms with Gasteiger partial charge in [0, 0.05) is 17.9 Å². The highest BCUT2D eigenvalue weighted by molar-refractivity contribution is 5.94. The first-order valence-electron chi connectivity index (χ1n) is 9.44. The number of aryl methyl sites for hydroxylation is 1. The van der Waals surface area contributed by atoms with Crippen LogP contribution in [0.5, 0.6) is 5.75 Å². The van der Waals surface area contributed by atoms with Gasteiger partial charge < -0.3 is 10.1 Å². The Morgan fingerprint density at radius 3 is 3.00 bits per heavy atom. The largest absolute Gasteiger partial charge is 0.494 e. The fourth-order valence-electron chi connectivity index (χ4n) is 3.68. The molecule has 1 amide bonds. The van der Waals surface area contributed by atoms with Gasteiger partial charge in [-0.3, -0.25) is 4.79 Å². The molecule has 4 heterocycles. The van der Waals surface area contributed by atoms with Crippen molar-refractivity contribution in [3.8, 4) is 11.6 Å². The Bertz CT molecular complexity index is 1230. The molecule has 0 radical (unpaired) electrons. The molecule has 0 unspecified atom stereocenters. The zero-order valence-corrected chi connectivity index (χ0v) is 16.0. The molecule has 1 aliphatic rings. The van der Waals surface area contributed by atoms with Gasteiger partial charge in [-0.2, -0.15) is 14.3 Å². The van der Waals surface area contributed by atoms with Crippen molar-refractivity contribution < 1.29 is 9.53 Å². The average molecular weight is 389 g/mol. The fourth-order valence-corrected chi connectivity index (χ4v) is 3.68. The molecular formula is C20H19N7O2. The number of aromatic nitrogens is 6. The smallest absolute Gasteiger partial charge is 0.226 e. The van der Waals surface area contributed by atoms with Crippen molar-refractivity contribution in [2.45, 2.75) is 26.2 Å². The van der Waals surface area contributed by atoms with Gasteiger partial charge in [-0.15, -0.1) is 15.3 Å². The number of carbonyl (C=O) groups is 1. The van der Waals surface area contributed by atoms with Crippen LogP contribution >= 0.6 is 0 Å². The van der Waals surface area contributed by atoms with E-state index in [1.54, 1.807) is 15.4 Å². The molecule has 0 saturated heterocycles. The van der Waals surface area contributed by atoms with Gasteiger partial charge in [0.1, 0.15) is 11.6 Å². The third-order valence-corrected chi connectivity index (χ3v) is 5.01. The van der Waals surface area contributed by atoms with Crippen LogP contribution in [0.15, 0.2) is 42.6 Å². The minimum absolute atomic E-state index is 0.0624. The fraction of sp³-hybridized carbons (Fsp3) is 0.250. The zero-order chi connectivity index (χ0) is 20.0. The lowest BCUT2D eigenvalue weighted by molar-refractivity contribution is -0.116. The summed E-state index contributed by atoms with van der Waals surface area (Å²) in [5.74, 6) is 2.51. The molecule has 1 N–H and O–H groups in total. The Morgan fingerprint density at radius 2 is 2.14 bits per heavy atom. The number of fused-ring (bicyclic) bond motifs is 2. The number of anilines is 1. The van der Waals surface area contributed by atoms with E-state index in [4.69, 9.17) is 4.74 Å². The van der Waals surface area contributed by atoms with Crippen molar-refractivity contribution in [1.82, 2.24) is 29.6 Å². The minimum Gasteiger partial charge on any atom is -0.494 e. The zero-order valence-electron chi connectivity index (χ0n) is 16.0. The lowest BCUT2D eigenvalue weighted by atomic mass is 9.87. The number of nitrogens with one attached hydrogen (secondary N) is 1. The van der Waals surface area contributed by atoms with E-state index in [0.717, 1.165) is 16.9 Å². The molecule has 3 aromatic heterocycles. The van der Waals surface area contributed by atoms with E-state index in [2.05, 4.69) is 25.7 Å². The first-order valence-corrected chi connectivity index (χ1v) is 9.44. The third-order valence-electron chi connectivity index (χ3n) is 5.01. The number of hydrogen-bond acceptors (Lipinski definition) is 6. The van der Waals surface area contributed by atoms with Gasteiger partial charge in [-0.1, -0.05) is 12.1 Å². The summed E-state index contributed by atoms with van der Waals surface area (Å²) >= 11 is 0. The number of carbonyl (C=O) groups excluding carboxylic acids is 1. The SMILES string of the molecule is CCOc1cccc([C@@H]2CC(=O)Nc3c2cnn3-c2ccc3nnc(C)n3n2)c1. The van der Waals surface area contributed by atoms with Crippen LogP contribution < -0.4 is 10.1 Å². The molecule has 1 aromatic carbocycles. The maximum Gasteiger partial charge on any atom is 0.226 e. The van der Waals surface area contributed by atoms with Gasteiger partial charge in [0.2, 0.25) is 5.91 Å². The summed E-state index contributed by atoms with van der Waals surface area (Å²) in [5.41, 5.74) is 2.62. The molecule has 0 bridgehead atoms. The highest BCUT2D eigenvalue weighted by Crippen LogP contribution is 2.38. The van der Waals surface area contributed by atoms with Crippen LogP contribution in [0, 0.1) is 6.92 Å². The summed E-state index contributed by atoms with van der Waals surface area (Å²) in [6, 6.07) is 11.5. The predicted molar refractivity (Wildman–Crippen MR) is 105 cm³/mol. The molecule has 0 saturated carbocycles. The van der Waals surface area contributed by atoms with E-state index in [0.29, 0.717) is 36.1 Å². The van der Waals surface area contributed by atoms with Gasteiger partial charge in [-0.05, 0) is 43.7 Å². The van der Waals surface area contributed by atoms with Crippen molar-refractivity contribution in [3.63, 3.8) is 0 Å². The molecular weight excluding hydrogens is 370 g/mol. The molecule has 146 valence electrons. The van der Waals surface area contributed by atoms with Gasteiger partial charge in [0.25, 0.3) is 0 Å². The highest BCUT2D eigenvalue weighted by Gasteiger charge is 2.31. The Balaban J connectivity index is 1.59. The molecule has 5 rings (SSSR count). The number of benzene rings is 1. The van der Waals surface area contributed by atoms with E-state index in [-0.39, 0.29) is 11.8 Å². The Hall–Kier alpha value is -3.75. The maximum atomic E-state index is 12.5. The molecule has 0 aliphatic carbocycles. The van der Waals surface area contributed by atoms with Crippen LogP contribution in [-0.2, 0) is 4.79 Å². The van der Waals surface area contributed by atoms with Crippen molar-refractivity contribution >= 4 is 17.4 Å². The van der Waals surface area contributed by atoms with Crippen molar-refractivity contribution in [1.29, 1.82) is 0 Å². The minimum atomic E-state index is -0.103. The van der Waals surface area contributed by atoms with Gasteiger partial charge in [0.15, 0.2) is 17.3 Å². The second kappa shape index (κ2) is 6.69. The summed E-state index contributed by atoms with van der Waals surface area (Å²) in [6.45, 7) is 4.37. The van der Waals surface area contributed by atoms with Crippen LogP contribution in [0.1, 0.15) is 36.2 Å². The number of amides is 1. The highest BCUT2D eigenvalue weighted by atomic mass is 16.5. The van der Waals surface area contributed by atoms with Crippen LogP contribution in [0.4, 0.5) is 5.82 Å². The summed E-state index contributed by atoms with van der Waals surface area (Å²) in [6.07, 6.45) is 2.14. The van der Waals surface area contributed by atoms with E-state index < -0.39 is 0 Å². The molecule has 4 aromatic rings. The lowest BCUT2D eigenvalue weighted by Gasteiger charge is -2.24. The molecule has 1 atom stereocenters. The Kier molecular flexibility index (Phi) is 4.01. The average Bonchev–Trinajstić information content (AvgIpc) is 3.31. The summed E-state index contributed by atoms with van der Waals surface area (Å²) < 4.78 is 8.92. The van der Waals surface area contributed by atoms with Crippen LogP contribution in [-0.4, -0.2) is 42.1 Å². The second-order valence-corrected chi connectivity index (χ2v) is 6.88.